The summed E-state index contributed by atoms with van der Waals surface area (Å²) in [5, 5.41) is 0.575. The monoisotopic (exact) mass is 534 g/mol. The third kappa shape index (κ3) is 9.90. The van der Waals surface area contributed by atoms with E-state index in [1.54, 1.807) is 45.6 Å². The number of carbonyl (C=O) groups is 1. The zero-order valence-corrected chi connectivity index (χ0v) is 23.6. The smallest absolute Gasteiger partial charge is 1.00 e. The zero-order chi connectivity index (χ0) is 26.3. The number of ether oxygens (including phenoxy) is 9. The molecule has 0 aliphatic heterocycles. The molecule has 0 heterocycles. The van der Waals surface area contributed by atoms with Crippen LogP contribution in [0.1, 0.15) is 11.8 Å². The molecule has 0 aromatic heterocycles. The molecule has 0 spiro atoms. The molecular weight excluding hydrogens is 498 g/mol. The van der Waals surface area contributed by atoms with Crippen molar-refractivity contribution in [2.45, 2.75) is 0 Å². The molecule has 2 aromatic rings. The third-order valence-corrected chi connectivity index (χ3v) is 6.09. The molecule has 0 aliphatic rings. The van der Waals surface area contributed by atoms with Crippen molar-refractivity contribution in [3.63, 3.8) is 0 Å². The second-order valence-corrected chi connectivity index (χ2v) is 8.38. The van der Waals surface area contributed by atoms with Crippen LogP contribution in [0.25, 0.3) is 0 Å². The van der Waals surface area contributed by atoms with Gasteiger partial charge in [0.05, 0.1) is 46.5 Å². The Bertz CT molecular complexity index is 923. The molecule has 0 fully saturated rings. The van der Waals surface area contributed by atoms with Crippen LogP contribution in [0.2, 0.25) is 0 Å². The second-order valence-electron chi connectivity index (χ2n) is 7.18. The fourth-order valence-corrected chi connectivity index (χ4v) is 4.25. The summed E-state index contributed by atoms with van der Waals surface area (Å²) in [6, 6.07) is 6.73. The predicted molar refractivity (Wildman–Crippen MR) is 138 cm³/mol. The average Bonchev–Trinajstić information content (AvgIpc) is 2.89. The van der Waals surface area contributed by atoms with Crippen LogP contribution in [0, 0.1) is 0 Å². The van der Waals surface area contributed by atoms with Crippen LogP contribution >= 0.6 is 8.58 Å². The molecule has 2 aromatic carbocycles. The van der Waals surface area contributed by atoms with Gasteiger partial charge < -0.3 is 44.1 Å². The van der Waals surface area contributed by atoms with Crippen molar-refractivity contribution >= 4 is 19.4 Å². The summed E-state index contributed by atoms with van der Waals surface area (Å²) in [5.74, 6) is 2.61. The number of hydrogen-bond donors (Lipinski definition) is 0. The molecule has 0 aliphatic carbocycles. The topological polar surface area (TPSA) is 100 Å². The van der Waals surface area contributed by atoms with Crippen LogP contribution in [0.4, 0.5) is 0 Å². The minimum absolute atomic E-state index is 0. The van der Waals surface area contributed by atoms with E-state index in [-0.39, 0.29) is 47.6 Å². The van der Waals surface area contributed by atoms with Crippen molar-refractivity contribution in [1.82, 2.24) is 0 Å². The summed E-state index contributed by atoms with van der Waals surface area (Å²) in [6.45, 7) is 2.04. The van der Waals surface area contributed by atoms with E-state index in [1.165, 1.54) is 21.3 Å². The van der Waals surface area contributed by atoms with Gasteiger partial charge >= 0.3 is 18.9 Å². The summed E-state index contributed by atoms with van der Waals surface area (Å²) in [7, 11) is 8.89. The summed E-state index contributed by atoms with van der Waals surface area (Å²) >= 11 is 0. The maximum Gasteiger partial charge on any atom is 1.00 e. The minimum Gasteiger partial charge on any atom is -1.00 e. The number of methoxy groups -OCH3 is 6. The van der Waals surface area contributed by atoms with E-state index in [2.05, 4.69) is 0 Å². The standard InChI is InChI=1S/C25H35O10P.Li.H/c1-27-7-10-33-18-15-21(34-11-8-28-2)24(22(16-18)35-12-9-29-3)36-25(26)23-19(31-5)13-17(30-4)14-20(23)32-6;;/h13-16,36H,7-12H2,1-6H3;;/q;+1;-1. The van der Waals surface area contributed by atoms with Gasteiger partial charge in [0, 0.05) is 45.6 Å². The van der Waals surface area contributed by atoms with E-state index in [0.29, 0.717) is 71.8 Å². The molecule has 0 saturated heterocycles. The van der Waals surface area contributed by atoms with Crippen molar-refractivity contribution in [1.29, 1.82) is 0 Å². The quantitative estimate of drug-likeness (QED) is 0.148. The van der Waals surface area contributed by atoms with Gasteiger partial charge in [-0.15, -0.1) is 0 Å². The molecule has 1 unspecified atom stereocenters. The molecular formula is C25H36LiO10P. The number of hydrogen-bond acceptors (Lipinski definition) is 10. The molecule has 2 rings (SSSR count). The van der Waals surface area contributed by atoms with Gasteiger partial charge in [0.15, 0.2) is 5.52 Å². The Balaban J connectivity index is 0.00000684. The fourth-order valence-electron chi connectivity index (χ4n) is 3.12. The number of benzene rings is 2. The van der Waals surface area contributed by atoms with Crippen molar-refractivity contribution in [2.75, 3.05) is 82.3 Å². The van der Waals surface area contributed by atoms with E-state index >= 15 is 0 Å². The minimum atomic E-state index is -0.379. The summed E-state index contributed by atoms with van der Waals surface area (Å²) in [4.78, 5) is 13.6. The Labute approximate surface area is 233 Å². The van der Waals surface area contributed by atoms with E-state index in [9.17, 15) is 4.79 Å². The summed E-state index contributed by atoms with van der Waals surface area (Å²) in [6.07, 6.45) is 0. The zero-order valence-electron chi connectivity index (χ0n) is 23.6. The van der Waals surface area contributed by atoms with Crippen molar-refractivity contribution in [3.8, 4) is 34.5 Å². The largest absolute Gasteiger partial charge is 1.00 e. The number of rotatable bonds is 18. The first-order valence-corrected chi connectivity index (χ1v) is 12.2. The molecule has 37 heavy (non-hydrogen) atoms. The van der Waals surface area contributed by atoms with E-state index in [4.69, 9.17) is 42.6 Å². The van der Waals surface area contributed by atoms with Gasteiger partial charge in [-0.2, -0.15) is 0 Å². The van der Waals surface area contributed by atoms with Crippen molar-refractivity contribution in [2.24, 2.45) is 0 Å². The van der Waals surface area contributed by atoms with Crippen molar-refractivity contribution in [3.05, 3.63) is 29.8 Å². The molecule has 1 atom stereocenters. The van der Waals surface area contributed by atoms with E-state index in [1.807, 2.05) is 0 Å². The third-order valence-electron chi connectivity index (χ3n) is 4.87. The van der Waals surface area contributed by atoms with Crippen molar-refractivity contribution < 1.29 is 67.7 Å². The van der Waals surface area contributed by atoms with E-state index < -0.39 is 0 Å². The van der Waals surface area contributed by atoms with E-state index in [0.717, 1.165) is 0 Å². The SMILES string of the molecule is COCCOc1cc(OCCOC)c(PC(=O)c2c(OC)cc(OC)cc2OC)c(OCCOC)c1.[H-].[Li+]. The van der Waals surface area contributed by atoms with Gasteiger partial charge in [0.2, 0.25) is 0 Å². The van der Waals surface area contributed by atoms with Crippen LogP contribution in [0.5, 0.6) is 34.5 Å². The Morgan fingerprint density at radius 3 is 1.46 bits per heavy atom. The molecule has 10 nitrogen and oxygen atoms in total. The van der Waals surface area contributed by atoms with Gasteiger partial charge in [-0.1, -0.05) is 0 Å². The second kappa shape index (κ2) is 18.1. The molecule has 0 radical (unpaired) electrons. The normalized spacial score (nSPS) is 10.6. The molecule has 0 bridgehead atoms. The molecule has 0 N–H and O–H groups in total. The first kappa shape index (κ1) is 32.8. The molecule has 0 amide bonds. The van der Waals surface area contributed by atoms with Gasteiger partial charge in [-0.05, 0) is 8.58 Å². The van der Waals surface area contributed by atoms with Gasteiger partial charge in [0.1, 0.15) is 59.9 Å². The Hall–Kier alpha value is -2.18. The predicted octanol–water partition coefficient (Wildman–Crippen LogP) is 0.0487. The van der Waals surface area contributed by atoms with Crippen LogP contribution in [0.3, 0.4) is 0 Å². The molecule has 202 valence electrons. The summed E-state index contributed by atoms with van der Waals surface area (Å²) < 4.78 is 49.3. The maximum atomic E-state index is 13.6. The van der Waals surface area contributed by atoms with Crippen LogP contribution in [-0.2, 0) is 14.2 Å². The molecule has 12 heteroatoms. The first-order chi connectivity index (χ1) is 17.5. The Morgan fingerprint density at radius 2 is 1.05 bits per heavy atom. The summed E-state index contributed by atoms with van der Waals surface area (Å²) in [5.41, 5.74) is 0.0674. The average molecular weight is 534 g/mol. The van der Waals surface area contributed by atoms with Crippen LogP contribution in [-0.4, -0.2) is 87.8 Å². The van der Waals surface area contributed by atoms with Crippen LogP contribution in [0.15, 0.2) is 24.3 Å². The Morgan fingerprint density at radius 1 is 0.622 bits per heavy atom. The Kier molecular flexibility index (Phi) is 16.1. The van der Waals surface area contributed by atoms with Gasteiger partial charge in [-0.25, -0.2) is 0 Å². The first-order valence-electron chi connectivity index (χ1n) is 11.2. The van der Waals surface area contributed by atoms with Gasteiger partial charge in [-0.3, -0.25) is 4.79 Å². The fraction of sp³-hybridized carbons (Fsp3) is 0.480. The van der Waals surface area contributed by atoms with Gasteiger partial charge in [0.25, 0.3) is 0 Å². The molecule has 0 saturated carbocycles. The van der Waals surface area contributed by atoms with Crippen LogP contribution < -0.4 is 52.6 Å². The number of carbonyl (C=O) groups excluding carboxylic acids is 1. The maximum absolute atomic E-state index is 13.6.